The summed E-state index contributed by atoms with van der Waals surface area (Å²) in [6, 6.07) is 15.9. The van der Waals surface area contributed by atoms with E-state index in [0.29, 0.717) is 27.1 Å². The maximum Gasteiger partial charge on any atom is 0.341 e. The molecule has 0 atom stereocenters. The Hall–Kier alpha value is -3.91. The molecule has 0 unspecified atom stereocenters. The molecule has 4 rings (SSSR count). The molecule has 0 radical (unpaired) electrons. The predicted octanol–water partition coefficient (Wildman–Crippen LogP) is 5.33. The van der Waals surface area contributed by atoms with E-state index in [9.17, 15) is 14.4 Å². The van der Waals surface area contributed by atoms with E-state index >= 15 is 0 Å². The number of para-hydroxylation sites is 1. The molecule has 1 N–H and O–H groups in total. The molecule has 0 aliphatic heterocycles. The number of aryl methyl sites for hydroxylation is 1. The van der Waals surface area contributed by atoms with Gasteiger partial charge in [-0.05, 0) is 38.5 Å². The minimum Gasteiger partial charge on any atom is -0.476 e. The highest BCUT2D eigenvalue weighted by Gasteiger charge is 2.23. The molecule has 2 aromatic carbocycles. The highest BCUT2D eigenvalue weighted by molar-refractivity contribution is 7.16. The average Bonchev–Trinajstić information content (AvgIpc) is 3.11. The number of ether oxygens (including phenoxy) is 2. The Labute approximate surface area is 199 Å². The summed E-state index contributed by atoms with van der Waals surface area (Å²) in [4.78, 5) is 39.2. The molecule has 0 spiro atoms. The van der Waals surface area contributed by atoms with Crippen molar-refractivity contribution in [3.8, 4) is 17.1 Å². The number of esters is 1. The van der Waals surface area contributed by atoms with Crippen molar-refractivity contribution in [2.75, 3.05) is 18.5 Å². The Morgan fingerprint density at radius 1 is 1.03 bits per heavy atom. The number of anilines is 1. The Morgan fingerprint density at radius 3 is 2.47 bits per heavy atom. The summed E-state index contributed by atoms with van der Waals surface area (Å²) in [7, 11) is 0. The Kier molecular flexibility index (Phi) is 6.79. The van der Waals surface area contributed by atoms with Crippen LogP contribution < -0.4 is 15.5 Å². The van der Waals surface area contributed by atoms with Gasteiger partial charge in [-0.1, -0.05) is 42.5 Å². The van der Waals surface area contributed by atoms with E-state index in [4.69, 9.17) is 13.9 Å². The van der Waals surface area contributed by atoms with E-state index in [1.54, 1.807) is 50.2 Å². The third-order valence-corrected chi connectivity index (χ3v) is 6.38. The number of thiophene rings is 1. The quantitative estimate of drug-likeness (QED) is 0.362. The van der Waals surface area contributed by atoms with Crippen LogP contribution in [0.5, 0.6) is 5.75 Å². The van der Waals surface area contributed by atoms with Crippen LogP contribution in [0.25, 0.3) is 22.3 Å². The minimum atomic E-state index is -0.515. The highest BCUT2D eigenvalue weighted by Crippen LogP contribution is 2.33. The van der Waals surface area contributed by atoms with E-state index < -0.39 is 18.5 Å². The summed E-state index contributed by atoms with van der Waals surface area (Å²) in [5.41, 5.74) is 1.78. The lowest BCUT2D eigenvalue weighted by Crippen LogP contribution is -2.23. The van der Waals surface area contributed by atoms with Crippen LogP contribution in [0.1, 0.15) is 27.7 Å². The van der Waals surface area contributed by atoms with Crippen LogP contribution >= 0.6 is 11.3 Å². The zero-order chi connectivity index (χ0) is 24.2. The van der Waals surface area contributed by atoms with Gasteiger partial charge in [-0.25, -0.2) is 4.79 Å². The van der Waals surface area contributed by atoms with Gasteiger partial charge in [0.25, 0.3) is 5.91 Å². The predicted molar refractivity (Wildman–Crippen MR) is 132 cm³/mol. The number of rotatable bonds is 7. The van der Waals surface area contributed by atoms with Crippen molar-refractivity contribution < 1.29 is 23.5 Å². The third kappa shape index (κ3) is 4.58. The number of hydrogen-bond donors (Lipinski definition) is 1. The average molecular weight is 478 g/mol. The van der Waals surface area contributed by atoms with Crippen molar-refractivity contribution in [1.82, 2.24) is 0 Å². The van der Waals surface area contributed by atoms with E-state index in [-0.39, 0.29) is 23.5 Å². The summed E-state index contributed by atoms with van der Waals surface area (Å²) in [6.45, 7) is 5.17. The van der Waals surface area contributed by atoms with Crippen molar-refractivity contribution in [2.45, 2.75) is 20.8 Å². The normalized spacial score (nSPS) is 10.8. The van der Waals surface area contributed by atoms with Gasteiger partial charge >= 0.3 is 5.97 Å². The minimum absolute atomic E-state index is 0.0517. The van der Waals surface area contributed by atoms with Crippen molar-refractivity contribution in [3.05, 3.63) is 80.8 Å². The smallest absolute Gasteiger partial charge is 0.341 e. The lowest BCUT2D eigenvalue weighted by Gasteiger charge is -2.12. The van der Waals surface area contributed by atoms with Crippen molar-refractivity contribution in [2.24, 2.45) is 0 Å². The van der Waals surface area contributed by atoms with Crippen LogP contribution in [0.4, 0.5) is 5.00 Å². The molecule has 4 aromatic rings. The monoisotopic (exact) mass is 477 g/mol. The van der Waals surface area contributed by atoms with Gasteiger partial charge in [-0.3, -0.25) is 9.59 Å². The molecule has 0 aliphatic carbocycles. The Morgan fingerprint density at radius 2 is 1.74 bits per heavy atom. The maximum absolute atomic E-state index is 13.2. The topological polar surface area (TPSA) is 94.8 Å². The van der Waals surface area contributed by atoms with E-state index in [2.05, 4.69) is 5.32 Å². The second kappa shape index (κ2) is 9.93. The summed E-state index contributed by atoms with van der Waals surface area (Å²) in [5, 5.41) is 3.46. The summed E-state index contributed by atoms with van der Waals surface area (Å²) in [6.07, 6.45) is 0. The first-order valence-electron chi connectivity index (χ1n) is 10.7. The summed E-state index contributed by atoms with van der Waals surface area (Å²) < 4.78 is 16.8. The van der Waals surface area contributed by atoms with Gasteiger partial charge in [-0.15, -0.1) is 11.3 Å². The second-order valence-corrected chi connectivity index (χ2v) is 8.72. The van der Waals surface area contributed by atoms with Gasteiger partial charge in [0.05, 0.1) is 17.6 Å². The molecule has 2 aromatic heterocycles. The fraction of sp³-hybridized carbons (Fsp3) is 0.192. The molecule has 0 fully saturated rings. The molecule has 2 heterocycles. The first kappa shape index (κ1) is 23.3. The van der Waals surface area contributed by atoms with E-state index in [1.165, 1.54) is 11.3 Å². The van der Waals surface area contributed by atoms with Gasteiger partial charge in [0, 0.05) is 10.4 Å². The molecular formula is C26H23NO6S. The number of nitrogens with one attached hydrogen (secondary N) is 1. The fourth-order valence-corrected chi connectivity index (χ4v) is 4.56. The van der Waals surface area contributed by atoms with Crippen LogP contribution in [0.3, 0.4) is 0 Å². The van der Waals surface area contributed by atoms with Crippen LogP contribution in [0.2, 0.25) is 0 Å². The van der Waals surface area contributed by atoms with Gasteiger partial charge in [0.1, 0.15) is 10.6 Å². The largest absolute Gasteiger partial charge is 0.476 e. The van der Waals surface area contributed by atoms with Gasteiger partial charge in [-0.2, -0.15) is 0 Å². The fourth-order valence-electron chi connectivity index (χ4n) is 3.50. The van der Waals surface area contributed by atoms with Crippen LogP contribution in [-0.2, 0) is 9.53 Å². The lowest BCUT2D eigenvalue weighted by atomic mass is 10.1. The number of carbonyl (C=O) groups excluding carboxylic acids is 2. The zero-order valence-corrected chi connectivity index (χ0v) is 19.8. The third-order valence-electron chi connectivity index (χ3n) is 5.26. The standard InChI is InChI=1S/C26H23NO6S/c1-4-31-26(30)21-15(2)16(3)34-25(21)27-20(28)14-32-24-22(29)18-12-8-9-13-19(18)33-23(24)17-10-6-5-7-11-17/h5-13H,4,14H2,1-3H3,(H,27,28). The SMILES string of the molecule is CCOC(=O)c1c(NC(=O)COc2c(-c3ccccc3)oc3ccccc3c2=O)sc(C)c1C. The van der Waals surface area contributed by atoms with Crippen LogP contribution in [-0.4, -0.2) is 25.1 Å². The molecule has 1 amide bonds. The first-order valence-corrected chi connectivity index (χ1v) is 11.5. The Balaban J connectivity index is 1.63. The lowest BCUT2D eigenvalue weighted by molar-refractivity contribution is -0.118. The molecule has 0 bridgehead atoms. The van der Waals surface area contributed by atoms with Crippen molar-refractivity contribution >= 4 is 39.2 Å². The maximum atomic E-state index is 13.2. The molecule has 34 heavy (non-hydrogen) atoms. The molecular weight excluding hydrogens is 454 g/mol. The molecule has 0 saturated carbocycles. The van der Waals surface area contributed by atoms with Gasteiger partial charge < -0.3 is 19.2 Å². The van der Waals surface area contributed by atoms with E-state index in [1.807, 2.05) is 25.1 Å². The first-order chi connectivity index (χ1) is 16.4. The van der Waals surface area contributed by atoms with Crippen LogP contribution in [0, 0.1) is 13.8 Å². The number of amides is 1. The molecule has 7 nitrogen and oxygen atoms in total. The number of benzene rings is 2. The molecule has 0 saturated heterocycles. The number of hydrogen-bond acceptors (Lipinski definition) is 7. The molecule has 8 heteroatoms. The second-order valence-electron chi connectivity index (χ2n) is 7.50. The van der Waals surface area contributed by atoms with E-state index in [0.717, 1.165) is 10.4 Å². The van der Waals surface area contributed by atoms with Gasteiger partial charge in [0.2, 0.25) is 11.2 Å². The van der Waals surface area contributed by atoms with Crippen LogP contribution in [0.15, 0.2) is 63.8 Å². The van der Waals surface area contributed by atoms with Crippen molar-refractivity contribution in [1.29, 1.82) is 0 Å². The summed E-state index contributed by atoms with van der Waals surface area (Å²) in [5.74, 6) is -0.822. The Bertz CT molecular complexity index is 1420. The molecule has 0 aliphatic rings. The van der Waals surface area contributed by atoms with Crippen molar-refractivity contribution in [3.63, 3.8) is 0 Å². The van der Waals surface area contributed by atoms with Gasteiger partial charge in [0.15, 0.2) is 12.4 Å². The highest BCUT2D eigenvalue weighted by atomic mass is 32.1. The number of fused-ring (bicyclic) bond motifs is 1. The molecule has 174 valence electrons. The number of carbonyl (C=O) groups is 2. The summed E-state index contributed by atoms with van der Waals surface area (Å²) >= 11 is 1.28. The zero-order valence-electron chi connectivity index (χ0n) is 19.0.